The van der Waals surface area contributed by atoms with Crippen LogP contribution in [0.5, 0.6) is 0 Å². The van der Waals surface area contributed by atoms with Crippen molar-refractivity contribution in [3.63, 3.8) is 0 Å². The minimum absolute atomic E-state index is 0.223. The van der Waals surface area contributed by atoms with Gasteiger partial charge in [-0.15, -0.1) is 0 Å². The van der Waals surface area contributed by atoms with Crippen LogP contribution in [0.15, 0.2) is 35.3 Å². The molecule has 140 valence electrons. The summed E-state index contributed by atoms with van der Waals surface area (Å²) in [5.74, 6) is 0.245. The van der Waals surface area contributed by atoms with Crippen molar-refractivity contribution in [1.29, 1.82) is 0 Å². The minimum Gasteiger partial charge on any atom is -0.414 e. The van der Waals surface area contributed by atoms with E-state index in [0.29, 0.717) is 0 Å². The van der Waals surface area contributed by atoms with Crippen LogP contribution in [0.4, 0.5) is 5.82 Å². The predicted molar refractivity (Wildman–Crippen MR) is 108 cm³/mol. The van der Waals surface area contributed by atoms with Gasteiger partial charge in [-0.05, 0) is 66.7 Å². The Morgan fingerprint density at radius 3 is 2.62 bits per heavy atom. The highest BCUT2D eigenvalue weighted by Gasteiger charge is 2.39. The Balaban J connectivity index is 1.81. The van der Waals surface area contributed by atoms with Crippen LogP contribution in [-0.4, -0.2) is 24.0 Å². The van der Waals surface area contributed by atoms with E-state index in [2.05, 4.69) is 51.0 Å². The third-order valence-electron chi connectivity index (χ3n) is 5.74. The largest absolute Gasteiger partial charge is 0.414 e. The van der Waals surface area contributed by atoms with E-state index in [-0.39, 0.29) is 22.6 Å². The second-order valence-electron chi connectivity index (χ2n) is 8.70. The van der Waals surface area contributed by atoms with Gasteiger partial charge in [-0.25, -0.2) is 4.79 Å². The van der Waals surface area contributed by atoms with E-state index < -0.39 is 8.32 Å². The monoisotopic (exact) mass is 371 g/mol. The van der Waals surface area contributed by atoms with Gasteiger partial charge in [0.25, 0.3) is 0 Å². The van der Waals surface area contributed by atoms with Crippen LogP contribution in [0.1, 0.15) is 38.3 Å². The molecule has 0 saturated carbocycles. The molecule has 0 fully saturated rings. The number of nitrogen functional groups attached to an aromatic ring is 1. The maximum absolute atomic E-state index is 12.1. The van der Waals surface area contributed by atoms with Gasteiger partial charge in [-0.2, -0.15) is 4.98 Å². The first-order chi connectivity index (χ1) is 12.1. The summed E-state index contributed by atoms with van der Waals surface area (Å²) in [6.45, 7) is 11.5. The van der Waals surface area contributed by atoms with Gasteiger partial charge in [0.15, 0.2) is 8.32 Å². The molecule has 2 N–H and O–H groups in total. The summed E-state index contributed by atoms with van der Waals surface area (Å²) < 4.78 is 8.14. The van der Waals surface area contributed by atoms with Gasteiger partial charge in [0.05, 0.1) is 5.69 Å². The van der Waals surface area contributed by atoms with Crippen LogP contribution in [-0.2, 0) is 17.3 Å². The van der Waals surface area contributed by atoms with Crippen LogP contribution in [0.2, 0.25) is 18.1 Å². The Kier molecular flexibility index (Phi) is 4.83. The Bertz CT molecular complexity index is 868. The molecule has 0 spiro atoms. The molecule has 1 aliphatic rings. The van der Waals surface area contributed by atoms with Gasteiger partial charge in [0.2, 0.25) is 0 Å². The van der Waals surface area contributed by atoms with Crippen molar-refractivity contribution in [2.24, 2.45) is 0 Å². The Morgan fingerprint density at radius 2 is 1.96 bits per heavy atom. The quantitative estimate of drug-likeness (QED) is 0.835. The van der Waals surface area contributed by atoms with Gasteiger partial charge in [0, 0.05) is 12.3 Å². The second-order valence-corrected chi connectivity index (χ2v) is 13.5. The molecule has 0 amide bonds. The van der Waals surface area contributed by atoms with Crippen LogP contribution < -0.4 is 11.4 Å². The van der Waals surface area contributed by atoms with E-state index in [4.69, 9.17) is 10.2 Å². The number of rotatable bonds is 3. The molecular formula is C20H29N3O2Si. The zero-order valence-corrected chi connectivity index (χ0v) is 17.4. The smallest absolute Gasteiger partial charge is 0.354 e. The molecule has 0 aliphatic heterocycles. The van der Waals surface area contributed by atoms with Gasteiger partial charge < -0.3 is 10.2 Å². The van der Waals surface area contributed by atoms with Crippen LogP contribution in [0.25, 0.3) is 5.69 Å². The van der Waals surface area contributed by atoms with Crippen molar-refractivity contribution >= 4 is 14.1 Å². The fourth-order valence-electron chi connectivity index (χ4n) is 3.16. The summed E-state index contributed by atoms with van der Waals surface area (Å²) in [4.78, 5) is 15.9. The van der Waals surface area contributed by atoms with Crippen molar-refractivity contribution in [2.45, 2.75) is 64.3 Å². The number of nitrogens with two attached hydrogens (primary N) is 1. The summed E-state index contributed by atoms with van der Waals surface area (Å²) in [6.07, 6.45) is 4.91. The third kappa shape index (κ3) is 3.76. The van der Waals surface area contributed by atoms with Gasteiger partial charge in [-0.1, -0.05) is 26.8 Å². The minimum atomic E-state index is -1.76. The summed E-state index contributed by atoms with van der Waals surface area (Å²) >= 11 is 0. The molecule has 1 heterocycles. The average Bonchev–Trinajstić information content (AvgIpc) is 2.53. The van der Waals surface area contributed by atoms with Crippen molar-refractivity contribution in [1.82, 2.24) is 9.55 Å². The molecule has 1 aromatic carbocycles. The predicted octanol–water partition coefficient (Wildman–Crippen LogP) is 3.69. The first-order valence-electron chi connectivity index (χ1n) is 9.22. The maximum Gasteiger partial charge on any atom is 0.354 e. The third-order valence-corrected chi connectivity index (χ3v) is 10.3. The van der Waals surface area contributed by atoms with Crippen molar-refractivity contribution < 1.29 is 4.43 Å². The first-order valence-corrected chi connectivity index (χ1v) is 12.1. The lowest BCUT2D eigenvalue weighted by Crippen LogP contribution is -2.45. The summed E-state index contributed by atoms with van der Waals surface area (Å²) in [7, 11) is -1.76. The molecule has 3 rings (SSSR count). The normalized spacial score (nSPS) is 17.8. The molecule has 1 atom stereocenters. The van der Waals surface area contributed by atoms with E-state index >= 15 is 0 Å². The van der Waals surface area contributed by atoms with E-state index in [9.17, 15) is 4.79 Å². The van der Waals surface area contributed by atoms with E-state index in [0.717, 1.165) is 24.9 Å². The number of aromatic nitrogens is 2. The summed E-state index contributed by atoms with van der Waals surface area (Å²) in [6, 6.07) is 7.84. The number of anilines is 1. The molecule has 1 aliphatic carbocycles. The lowest BCUT2D eigenvalue weighted by atomic mass is 9.89. The molecule has 0 saturated heterocycles. The number of fused-ring (bicyclic) bond motifs is 1. The Labute approximate surface area is 156 Å². The molecule has 26 heavy (non-hydrogen) atoms. The number of benzene rings is 1. The molecule has 1 aromatic heterocycles. The molecule has 6 heteroatoms. The van der Waals surface area contributed by atoms with Crippen molar-refractivity contribution in [2.75, 3.05) is 5.73 Å². The average molecular weight is 372 g/mol. The fraction of sp³-hybridized carbons (Fsp3) is 0.500. The van der Waals surface area contributed by atoms with Gasteiger partial charge in [-0.3, -0.25) is 4.57 Å². The second kappa shape index (κ2) is 6.67. The number of aryl methyl sites for hydroxylation is 1. The lowest BCUT2D eigenvalue weighted by Gasteiger charge is -2.40. The molecular weight excluding hydrogens is 342 g/mol. The lowest BCUT2D eigenvalue weighted by molar-refractivity contribution is 0.165. The first kappa shape index (κ1) is 18.9. The van der Waals surface area contributed by atoms with Crippen LogP contribution in [0, 0.1) is 0 Å². The topological polar surface area (TPSA) is 70.1 Å². The Hall–Kier alpha value is -1.92. The van der Waals surface area contributed by atoms with Crippen LogP contribution >= 0.6 is 0 Å². The maximum atomic E-state index is 12.1. The van der Waals surface area contributed by atoms with E-state index in [1.807, 2.05) is 6.07 Å². The molecule has 5 nitrogen and oxygen atoms in total. The molecule has 1 unspecified atom stereocenters. The van der Waals surface area contributed by atoms with E-state index in [1.165, 1.54) is 15.7 Å². The summed E-state index contributed by atoms with van der Waals surface area (Å²) in [5, 5.41) is 0.223. The standard InChI is InChI=1S/C20H29N3O2Si/c1-20(2,3)26(4,5)25-17-9-7-14-12-16(8-6-15(14)13-17)23-11-10-18(21)22-19(23)24/h6,8,10-12,17H,7,9,13H2,1-5H3,(H2,21,22,24). The van der Waals surface area contributed by atoms with E-state index in [1.54, 1.807) is 12.3 Å². The van der Waals surface area contributed by atoms with Crippen molar-refractivity contribution in [3.05, 3.63) is 52.1 Å². The zero-order chi connectivity index (χ0) is 19.1. The highest BCUT2D eigenvalue weighted by Crippen LogP contribution is 2.39. The van der Waals surface area contributed by atoms with Crippen molar-refractivity contribution in [3.8, 4) is 5.69 Å². The van der Waals surface area contributed by atoms with Crippen LogP contribution in [0.3, 0.4) is 0 Å². The molecule has 0 bridgehead atoms. The van der Waals surface area contributed by atoms with Gasteiger partial charge in [0.1, 0.15) is 5.82 Å². The zero-order valence-electron chi connectivity index (χ0n) is 16.4. The van der Waals surface area contributed by atoms with Gasteiger partial charge >= 0.3 is 5.69 Å². The Morgan fingerprint density at radius 1 is 1.23 bits per heavy atom. The SMILES string of the molecule is CC(C)(C)[Si](C)(C)OC1CCc2cc(-n3ccc(N)nc3=O)ccc2C1. The number of hydrogen-bond acceptors (Lipinski definition) is 4. The molecule has 2 aromatic rings. The number of hydrogen-bond donors (Lipinski definition) is 1. The highest BCUT2D eigenvalue weighted by molar-refractivity contribution is 6.74. The molecule has 0 radical (unpaired) electrons. The highest BCUT2D eigenvalue weighted by atomic mass is 28.4. The fourth-order valence-corrected chi connectivity index (χ4v) is 4.55. The number of nitrogens with zero attached hydrogens (tertiary/aromatic N) is 2. The summed E-state index contributed by atoms with van der Waals surface area (Å²) in [5.41, 5.74) is 8.68.